The van der Waals surface area contributed by atoms with E-state index in [9.17, 15) is 4.39 Å². The van der Waals surface area contributed by atoms with Crippen molar-refractivity contribution in [2.24, 2.45) is 0 Å². The number of rotatable bonds is 5. The molecule has 1 aromatic carbocycles. The Kier molecular flexibility index (Phi) is 3.97. The van der Waals surface area contributed by atoms with E-state index in [0.29, 0.717) is 18.4 Å². The van der Waals surface area contributed by atoms with E-state index in [1.165, 1.54) is 12.3 Å². The van der Waals surface area contributed by atoms with Gasteiger partial charge in [0.15, 0.2) is 0 Å². The monoisotopic (exact) mass is 209 g/mol. The first kappa shape index (κ1) is 11.9. The molecule has 0 fully saturated rings. The van der Waals surface area contributed by atoms with Crippen molar-refractivity contribution in [3.8, 4) is 0 Å². The second-order valence-electron chi connectivity index (χ2n) is 3.92. The first-order valence-electron chi connectivity index (χ1n) is 4.99. The lowest BCUT2D eigenvalue weighted by Gasteiger charge is -2.28. The predicted octanol–water partition coefficient (Wildman–Crippen LogP) is 2.51. The summed E-state index contributed by atoms with van der Waals surface area (Å²) in [7, 11) is 0. The quantitative estimate of drug-likeness (QED) is 0.719. The Bertz CT molecular complexity index is 340. The molecule has 2 nitrogen and oxygen atoms in total. The van der Waals surface area contributed by atoms with Crippen LogP contribution in [0.3, 0.4) is 0 Å². The molecule has 2 N–H and O–H groups in total. The third-order valence-corrected chi connectivity index (χ3v) is 2.74. The van der Waals surface area contributed by atoms with Gasteiger partial charge in [0.2, 0.25) is 0 Å². The molecule has 0 saturated carbocycles. The first-order chi connectivity index (χ1) is 7.14. The smallest absolute Gasteiger partial charge is 0.126 e. The molecule has 1 rings (SSSR count). The van der Waals surface area contributed by atoms with Crippen LogP contribution in [-0.2, 0) is 5.41 Å². The van der Waals surface area contributed by atoms with Crippen LogP contribution in [0.2, 0.25) is 0 Å². The fourth-order valence-corrected chi connectivity index (χ4v) is 1.77. The highest BCUT2D eigenvalue weighted by Crippen LogP contribution is 2.31. The maximum atomic E-state index is 13.6. The Morgan fingerprint density at radius 2 is 2.13 bits per heavy atom. The van der Waals surface area contributed by atoms with Gasteiger partial charge in [-0.2, -0.15) is 0 Å². The molecular formula is C12H16FNO. The first-order valence-corrected chi connectivity index (χ1v) is 4.99. The van der Waals surface area contributed by atoms with Crippen molar-refractivity contribution in [3.05, 3.63) is 35.6 Å². The Morgan fingerprint density at radius 3 is 2.67 bits per heavy atom. The van der Waals surface area contributed by atoms with Gasteiger partial charge in [0.05, 0.1) is 0 Å². The minimum absolute atomic E-state index is 0.00132. The van der Waals surface area contributed by atoms with Gasteiger partial charge in [-0.25, -0.2) is 4.39 Å². The highest BCUT2D eigenvalue weighted by molar-refractivity contribution is 5.56. The molecular weight excluding hydrogens is 193 g/mol. The highest BCUT2D eigenvalue weighted by atomic mass is 19.1. The molecule has 0 saturated heterocycles. The summed E-state index contributed by atoms with van der Waals surface area (Å²) in [6.45, 7) is 1.87. The van der Waals surface area contributed by atoms with Crippen molar-refractivity contribution in [1.82, 2.24) is 0 Å². The van der Waals surface area contributed by atoms with Crippen LogP contribution in [0, 0.1) is 11.2 Å². The summed E-state index contributed by atoms with van der Waals surface area (Å²) in [5.74, 6) is -0.268. The molecule has 3 heteroatoms. The van der Waals surface area contributed by atoms with Crippen LogP contribution < -0.4 is 0 Å². The second kappa shape index (κ2) is 5.03. The lowest BCUT2D eigenvalue weighted by Crippen LogP contribution is -2.25. The molecule has 0 spiro atoms. The maximum absolute atomic E-state index is 13.6. The standard InChI is InChI=1S/C12H16FNO/c1-12(6-8-14,7-9-15)10-4-2-3-5-11(10)13/h2-5,8,14-15H,6-7,9H2,1H3. The molecule has 1 aromatic rings. The van der Waals surface area contributed by atoms with Gasteiger partial charge in [0, 0.05) is 12.0 Å². The van der Waals surface area contributed by atoms with E-state index in [1.54, 1.807) is 18.2 Å². The molecule has 82 valence electrons. The van der Waals surface area contributed by atoms with Crippen molar-refractivity contribution >= 4 is 6.21 Å². The molecule has 15 heavy (non-hydrogen) atoms. The van der Waals surface area contributed by atoms with Crippen molar-refractivity contribution in [2.45, 2.75) is 25.2 Å². The van der Waals surface area contributed by atoms with E-state index in [1.807, 2.05) is 6.92 Å². The number of benzene rings is 1. The van der Waals surface area contributed by atoms with E-state index < -0.39 is 5.41 Å². The zero-order chi connectivity index (χ0) is 11.3. The molecule has 1 unspecified atom stereocenters. The third-order valence-electron chi connectivity index (χ3n) is 2.74. The Balaban J connectivity index is 3.08. The number of halogens is 1. The molecule has 0 aliphatic heterocycles. The number of nitrogens with one attached hydrogen (secondary N) is 1. The molecule has 0 aromatic heterocycles. The average Bonchev–Trinajstić information content (AvgIpc) is 2.19. The Hall–Kier alpha value is -1.22. The number of aliphatic hydroxyl groups is 1. The topological polar surface area (TPSA) is 44.1 Å². The van der Waals surface area contributed by atoms with Gasteiger partial charge in [-0.15, -0.1) is 0 Å². The third kappa shape index (κ3) is 2.63. The minimum Gasteiger partial charge on any atom is -0.396 e. The van der Waals surface area contributed by atoms with Crippen molar-refractivity contribution in [1.29, 1.82) is 5.41 Å². The fraction of sp³-hybridized carbons (Fsp3) is 0.417. The number of hydrogen-bond donors (Lipinski definition) is 2. The van der Waals surface area contributed by atoms with Gasteiger partial charge in [0.25, 0.3) is 0 Å². The summed E-state index contributed by atoms with van der Waals surface area (Å²) in [6, 6.07) is 6.55. The Labute approximate surface area is 89.3 Å². The predicted molar refractivity (Wildman–Crippen MR) is 58.9 cm³/mol. The van der Waals surface area contributed by atoms with Crippen LogP contribution >= 0.6 is 0 Å². The Morgan fingerprint density at radius 1 is 1.47 bits per heavy atom. The van der Waals surface area contributed by atoms with Crippen LogP contribution in [-0.4, -0.2) is 17.9 Å². The lowest BCUT2D eigenvalue weighted by atomic mass is 9.77. The summed E-state index contributed by atoms with van der Waals surface area (Å²) in [4.78, 5) is 0. The van der Waals surface area contributed by atoms with Gasteiger partial charge < -0.3 is 10.5 Å². The molecule has 0 aliphatic rings. The summed E-state index contributed by atoms with van der Waals surface area (Å²) < 4.78 is 13.6. The second-order valence-corrected chi connectivity index (χ2v) is 3.92. The van der Waals surface area contributed by atoms with Gasteiger partial charge in [-0.05, 0) is 30.7 Å². The van der Waals surface area contributed by atoms with Crippen molar-refractivity contribution < 1.29 is 9.50 Å². The molecule has 0 bridgehead atoms. The summed E-state index contributed by atoms with van der Waals surface area (Å²) >= 11 is 0. The highest BCUT2D eigenvalue weighted by Gasteiger charge is 2.27. The molecule has 0 amide bonds. The summed E-state index contributed by atoms with van der Waals surface area (Å²) in [6.07, 6.45) is 2.17. The largest absolute Gasteiger partial charge is 0.396 e. The SMILES string of the molecule is CC(CC=N)(CCO)c1ccccc1F. The van der Waals surface area contributed by atoms with Crippen LogP contribution in [0.5, 0.6) is 0 Å². The number of hydrogen-bond acceptors (Lipinski definition) is 2. The van der Waals surface area contributed by atoms with Gasteiger partial charge in [0.1, 0.15) is 5.82 Å². The van der Waals surface area contributed by atoms with E-state index in [0.717, 1.165) is 0 Å². The molecule has 0 aliphatic carbocycles. The van der Waals surface area contributed by atoms with Gasteiger partial charge in [-0.3, -0.25) is 0 Å². The normalized spacial score (nSPS) is 14.6. The van der Waals surface area contributed by atoms with Crippen LogP contribution in [0.4, 0.5) is 4.39 Å². The van der Waals surface area contributed by atoms with E-state index in [-0.39, 0.29) is 12.4 Å². The maximum Gasteiger partial charge on any atom is 0.126 e. The molecule has 0 radical (unpaired) electrons. The summed E-state index contributed by atoms with van der Waals surface area (Å²) in [5.41, 5.74) is 0.0875. The fourth-order valence-electron chi connectivity index (χ4n) is 1.77. The van der Waals surface area contributed by atoms with E-state index >= 15 is 0 Å². The molecule has 0 heterocycles. The van der Waals surface area contributed by atoms with Crippen LogP contribution in [0.25, 0.3) is 0 Å². The minimum atomic E-state index is -0.484. The van der Waals surface area contributed by atoms with Crippen molar-refractivity contribution in [2.75, 3.05) is 6.61 Å². The number of aliphatic hydroxyl groups excluding tert-OH is 1. The molecule has 1 atom stereocenters. The van der Waals surface area contributed by atoms with Crippen molar-refractivity contribution in [3.63, 3.8) is 0 Å². The van der Waals surface area contributed by atoms with Gasteiger partial charge in [-0.1, -0.05) is 25.1 Å². The zero-order valence-corrected chi connectivity index (χ0v) is 8.83. The van der Waals surface area contributed by atoms with Gasteiger partial charge >= 0.3 is 0 Å². The zero-order valence-electron chi connectivity index (χ0n) is 8.83. The van der Waals surface area contributed by atoms with Crippen LogP contribution in [0.1, 0.15) is 25.3 Å². The van der Waals surface area contributed by atoms with E-state index in [4.69, 9.17) is 10.5 Å². The average molecular weight is 209 g/mol. The lowest BCUT2D eigenvalue weighted by molar-refractivity contribution is 0.245. The summed E-state index contributed by atoms with van der Waals surface area (Å²) in [5, 5.41) is 16.1. The van der Waals surface area contributed by atoms with E-state index in [2.05, 4.69) is 0 Å². The van der Waals surface area contributed by atoms with Crippen LogP contribution in [0.15, 0.2) is 24.3 Å².